The van der Waals surface area contributed by atoms with Crippen molar-refractivity contribution in [1.82, 2.24) is 4.57 Å². The van der Waals surface area contributed by atoms with E-state index in [1.165, 1.54) is 12.1 Å². The highest BCUT2D eigenvalue weighted by atomic mass is 19.1. The molecule has 2 rings (SSSR count). The monoisotopic (exact) mass is 291 g/mol. The van der Waals surface area contributed by atoms with Gasteiger partial charge in [0.2, 0.25) is 0 Å². The van der Waals surface area contributed by atoms with E-state index in [2.05, 4.69) is 6.92 Å². The van der Waals surface area contributed by atoms with E-state index >= 15 is 0 Å². The maximum absolute atomic E-state index is 13.3. The van der Waals surface area contributed by atoms with Crippen LogP contribution in [0.2, 0.25) is 0 Å². The van der Waals surface area contributed by atoms with Crippen molar-refractivity contribution in [2.24, 2.45) is 5.73 Å². The molecule has 2 N–H and O–H groups in total. The fourth-order valence-corrected chi connectivity index (χ4v) is 2.31. The van der Waals surface area contributed by atoms with E-state index in [9.17, 15) is 14.5 Å². The van der Waals surface area contributed by atoms with Gasteiger partial charge in [0.15, 0.2) is 0 Å². The predicted molar refractivity (Wildman–Crippen MR) is 78.4 cm³/mol. The van der Waals surface area contributed by atoms with Crippen LogP contribution in [0.1, 0.15) is 36.9 Å². The van der Waals surface area contributed by atoms with Gasteiger partial charge in [-0.3, -0.25) is 10.1 Å². The lowest BCUT2D eigenvalue weighted by Crippen LogP contribution is -2.09. The molecule has 0 spiro atoms. The third-order valence-electron chi connectivity index (χ3n) is 3.39. The van der Waals surface area contributed by atoms with Crippen LogP contribution < -0.4 is 5.73 Å². The lowest BCUT2D eigenvalue weighted by molar-refractivity contribution is -0.385. The lowest BCUT2D eigenvalue weighted by atomic mass is 10.1. The number of benzene rings is 1. The van der Waals surface area contributed by atoms with Gasteiger partial charge in [-0.05, 0) is 30.2 Å². The Bertz CT molecular complexity index is 640. The van der Waals surface area contributed by atoms with Crippen LogP contribution in [0.15, 0.2) is 36.7 Å². The first-order valence-corrected chi connectivity index (χ1v) is 6.85. The Kier molecular flexibility index (Phi) is 4.70. The molecule has 0 radical (unpaired) electrons. The molecule has 0 aliphatic carbocycles. The molecular formula is C15H18FN3O2. The van der Waals surface area contributed by atoms with E-state index in [0.29, 0.717) is 5.56 Å². The summed E-state index contributed by atoms with van der Waals surface area (Å²) < 4.78 is 15.1. The number of hydrogen-bond acceptors (Lipinski definition) is 3. The number of rotatable bonds is 6. The summed E-state index contributed by atoms with van der Waals surface area (Å²) >= 11 is 0. The minimum Gasteiger partial charge on any atom is -0.349 e. The van der Waals surface area contributed by atoms with E-state index in [0.717, 1.165) is 24.5 Å². The maximum atomic E-state index is 13.3. The standard InChI is InChI=1S/C15H18FN3O2/c1-2-3-14(17)11-6-7-18(9-11)10-12-8-13(16)4-5-15(12)19(20)21/h4-9,14H,2-3,10,17H2,1H3. The summed E-state index contributed by atoms with van der Waals surface area (Å²) in [5.74, 6) is -0.481. The van der Waals surface area contributed by atoms with Gasteiger partial charge in [-0.25, -0.2) is 4.39 Å². The normalized spacial score (nSPS) is 12.3. The van der Waals surface area contributed by atoms with Gasteiger partial charge in [-0.15, -0.1) is 0 Å². The average Bonchev–Trinajstić information content (AvgIpc) is 2.87. The second-order valence-electron chi connectivity index (χ2n) is 5.04. The van der Waals surface area contributed by atoms with Crippen molar-refractivity contribution in [2.45, 2.75) is 32.4 Å². The minimum atomic E-state index is -0.498. The molecule has 1 unspecified atom stereocenters. The zero-order valence-corrected chi connectivity index (χ0v) is 11.8. The fraction of sp³-hybridized carbons (Fsp3) is 0.333. The van der Waals surface area contributed by atoms with Gasteiger partial charge in [0.1, 0.15) is 5.82 Å². The van der Waals surface area contributed by atoms with Crippen LogP contribution >= 0.6 is 0 Å². The number of nitrogens with zero attached hydrogens (tertiary/aromatic N) is 2. The van der Waals surface area contributed by atoms with E-state index in [4.69, 9.17) is 5.73 Å². The smallest absolute Gasteiger partial charge is 0.274 e. The van der Waals surface area contributed by atoms with E-state index in [1.807, 2.05) is 12.3 Å². The predicted octanol–water partition coefficient (Wildman–Crippen LogP) is 3.38. The average molecular weight is 291 g/mol. The van der Waals surface area contributed by atoms with Crippen molar-refractivity contribution in [2.75, 3.05) is 0 Å². The fourth-order valence-electron chi connectivity index (χ4n) is 2.31. The van der Waals surface area contributed by atoms with Crippen LogP contribution in [0, 0.1) is 15.9 Å². The van der Waals surface area contributed by atoms with Crippen molar-refractivity contribution < 1.29 is 9.31 Å². The molecule has 6 heteroatoms. The highest BCUT2D eigenvalue weighted by molar-refractivity contribution is 5.40. The van der Waals surface area contributed by atoms with Gasteiger partial charge in [0.05, 0.1) is 17.0 Å². The molecule has 21 heavy (non-hydrogen) atoms. The van der Waals surface area contributed by atoms with E-state index in [1.54, 1.807) is 10.8 Å². The van der Waals surface area contributed by atoms with Crippen LogP contribution in [0.25, 0.3) is 0 Å². The Hall–Kier alpha value is -2.21. The number of aromatic nitrogens is 1. The number of hydrogen-bond donors (Lipinski definition) is 1. The van der Waals surface area contributed by atoms with Crippen molar-refractivity contribution in [3.05, 3.63) is 63.7 Å². The second kappa shape index (κ2) is 6.49. The second-order valence-corrected chi connectivity index (χ2v) is 5.04. The maximum Gasteiger partial charge on any atom is 0.274 e. The largest absolute Gasteiger partial charge is 0.349 e. The van der Waals surface area contributed by atoms with Gasteiger partial charge >= 0.3 is 0 Å². The molecule has 0 aliphatic rings. The minimum absolute atomic E-state index is 0.0428. The van der Waals surface area contributed by atoms with Gasteiger partial charge in [-0.1, -0.05) is 13.3 Å². The molecule has 0 saturated carbocycles. The Balaban J connectivity index is 2.22. The summed E-state index contributed by atoms with van der Waals surface area (Å²) in [6, 6.07) is 5.34. The molecule has 1 heterocycles. The van der Waals surface area contributed by atoms with Gasteiger partial charge in [0.25, 0.3) is 5.69 Å². The molecule has 5 nitrogen and oxygen atoms in total. The van der Waals surface area contributed by atoms with Crippen LogP contribution in [-0.4, -0.2) is 9.49 Å². The van der Waals surface area contributed by atoms with Crippen molar-refractivity contribution in [3.8, 4) is 0 Å². The number of halogens is 1. The van der Waals surface area contributed by atoms with E-state index in [-0.39, 0.29) is 18.3 Å². The summed E-state index contributed by atoms with van der Waals surface area (Å²) in [7, 11) is 0. The summed E-state index contributed by atoms with van der Waals surface area (Å²) in [5, 5.41) is 11.0. The van der Waals surface area contributed by atoms with Crippen LogP contribution in [0.3, 0.4) is 0 Å². The third kappa shape index (κ3) is 3.66. The Morgan fingerprint density at radius 2 is 2.19 bits per heavy atom. The first kappa shape index (κ1) is 15.2. The third-order valence-corrected chi connectivity index (χ3v) is 3.39. The zero-order chi connectivity index (χ0) is 15.4. The molecule has 1 aromatic carbocycles. The molecule has 0 aliphatic heterocycles. The SMILES string of the molecule is CCCC(N)c1ccn(Cc2cc(F)ccc2[N+](=O)[O-])c1. The van der Waals surface area contributed by atoms with Crippen LogP contribution in [-0.2, 0) is 6.54 Å². The van der Waals surface area contributed by atoms with Crippen molar-refractivity contribution >= 4 is 5.69 Å². The van der Waals surface area contributed by atoms with Gasteiger partial charge in [-0.2, -0.15) is 0 Å². The molecule has 2 aromatic rings. The number of nitrogens with two attached hydrogens (primary N) is 1. The van der Waals surface area contributed by atoms with Gasteiger partial charge in [0, 0.05) is 24.5 Å². The van der Waals surface area contributed by atoms with Crippen LogP contribution in [0.4, 0.5) is 10.1 Å². The molecule has 1 aromatic heterocycles. The summed E-state index contributed by atoms with van der Waals surface area (Å²) in [4.78, 5) is 10.5. The Labute approximate surface area is 122 Å². The molecule has 1 atom stereocenters. The molecule has 0 saturated heterocycles. The van der Waals surface area contributed by atoms with Gasteiger partial charge < -0.3 is 10.3 Å². The molecule has 0 fully saturated rings. The number of nitro benzene ring substituents is 1. The molecule has 0 bridgehead atoms. The van der Waals surface area contributed by atoms with E-state index < -0.39 is 10.7 Å². The summed E-state index contributed by atoms with van der Waals surface area (Å²) in [6.07, 6.45) is 5.53. The molecule has 0 amide bonds. The van der Waals surface area contributed by atoms with Crippen molar-refractivity contribution in [3.63, 3.8) is 0 Å². The highest BCUT2D eigenvalue weighted by Gasteiger charge is 2.15. The highest BCUT2D eigenvalue weighted by Crippen LogP contribution is 2.22. The molecular weight excluding hydrogens is 273 g/mol. The zero-order valence-electron chi connectivity index (χ0n) is 11.8. The van der Waals surface area contributed by atoms with Crippen molar-refractivity contribution in [1.29, 1.82) is 0 Å². The Morgan fingerprint density at radius 1 is 1.43 bits per heavy atom. The first-order chi connectivity index (χ1) is 10.0. The first-order valence-electron chi connectivity index (χ1n) is 6.85. The van der Waals surface area contributed by atoms with Crippen LogP contribution in [0.5, 0.6) is 0 Å². The quantitative estimate of drug-likeness (QED) is 0.655. The summed E-state index contributed by atoms with van der Waals surface area (Å²) in [5.41, 5.74) is 7.28. The Morgan fingerprint density at radius 3 is 2.86 bits per heavy atom. The molecule has 112 valence electrons. The lowest BCUT2D eigenvalue weighted by Gasteiger charge is -2.08. The summed E-state index contributed by atoms with van der Waals surface area (Å²) in [6.45, 7) is 2.31. The topological polar surface area (TPSA) is 74.1 Å². The number of nitro groups is 1.